The molecule has 0 aliphatic heterocycles. The molecular formula is C13H21FN2O2S. The molecule has 0 heterocycles. The average Bonchev–Trinajstić information content (AvgIpc) is 2.33. The molecule has 0 aliphatic carbocycles. The van der Waals surface area contributed by atoms with Crippen LogP contribution in [0.15, 0.2) is 23.1 Å². The third-order valence-electron chi connectivity index (χ3n) is 2.85. The zero-order chi connectivity index (χ0) is 14.3. The molecule has 108 valence electrons. The van der Waals surface area contributed by atoms with Crippen LogP contribution in [0.25, 0.3) is 0 Å². The van der Waals surface area contributed by atoms with E-state index in [1.165, 1.54) is 12.1 Å². The van der Waals surface area contributed by atoms with Gasteiger partial charge in [0, 0.05) is 6.54 Å². The first kappa shape index (κ1) is 16.1. The van der Waals surface area contributed by atoms with E-state index >= 15 is 0 Å². The fourth-order valence-electron chi connectivity index (χ4n) is 1.82. The van der Waals surface area contributed by atoms with E-state index in [1.54, 1.807) is 6.92 Å². The van der Waals surface area contributed by atoms with E-state index in [9.17, 15) is 12.8 Å². The second kappa shape index (κ2) is 7.57. The van der Waals surface area contributed by atoms with Crippen molar-refractivity contribution < 1.29 is 12.8 Å². The van der Waals surface area contributed by atoms with E-state index in [1.807, 2.05) is 0 Å². The summed E-state index contributed by atoms with van der Waals surface area (Å²) < 4.78 is 39.5. The first-order valence-corrected chi connectivity index (χ1v) is 7.91. The summed E-state index contributed by atoms with van der Waals surface area (Å²) in [7, 11) is -3.54. The Kier molecular flexibility index (Phi) is 6.41. The van der Waals surface area contributed by atoms with Crippen LogP contribution in [-0.2, 0) is 10.0 Å². The maximum Gasteiger partial charge on any atom is 0.240 e. The van der Waals surface area contributed by atoms with Gasteiger partial charge in [0.15, 0.2) is 0 Å². The molecule has 0 bridgehead atoms. The van der Waals surface area contributed by atoms with Gasteiger partial charge in [-0.1, -0.05) is 12.8 Å². The summed E-state index contributed by atoms with van der Waals surface area (Å²) in [6.07, 6.45) is 3.69. The van der Waals surface area contributed by atoms with Crippen LogP contribution in [0, 0.1) is 12.7 Å². The highest BCUT2D eigenvalue weighted by molar-refractivity contribution is 7.89. The van der Waals surface area contributed by atoms with Gasteiger partial charge in [0.05, 0.1) is 4.90 Å². The molecule has 6 heteroatoms. The lowest BCUT2D eigenvalue weighted by molar-refractivity contribution is 0.571. The predicted molar refractivity (Wildman–Crippen MR) is 73.8 cm³/mol. The van der Waals surface area contributed by atoms with Gasteiger partial charge in [-0.25, -0.2) is 17.5 Å². The molecule has 0 fully saturated rings. The van der Waals surface area contributed by atoms with E-state index in [-0.39, 0.29) is 4.90 Å². The maximum absolute atomic E-state index is 12.9. The van der Waals surface area contributed by atoms with Crippen molar-refractivity contribution in [1.29, 1.82) is 0 Å². The summed E-state index contributed by atoms with van der Waals surface area (Å²) in [5.74, 6) is -0.432. The van der Waals surface area contributed by atoms with Crippen LogP contribution in [0.3, 0.4) is 0 Å². The Balaban J connectivity index is 2.52. The number of hydrogen-bond donors (Lipinski definition) is 2. The van der Waals surface area contributed by atoms with Crippen molar-refractivity contribution in [1.82, 2.24) is 4.72 Å². The molecule has 0 spiro atoms. The van der Waals surface area contributed by atoms with E-state index in [0.29, 0.717) is 18.7 Å². The number of benzene rings is 1. The zero-order valence-electron chi connectivity index (χ0n) is 11.2. The molecule has 0 aromatic heterocycles. The van der Waals surface area contributed by atoms with Crippen molar-refractivity contribution in [3.8, 4) is 0 Å². The van der Waals surface area contributed by atoms with Gasteiger partial charge in [-0.05, 0) is 50.1 Å². The molecule has 0 saturated heterocycles. The summed E-state index contributed by atoms with van der Waals surface area (Å²) in [6, 6.07) is 3.67. The zero-order valence-corrected chi connectivity index (χ0v) is 12.0. The Hall–Kier alpha value is -0.980. The van der Waals surface area contributed by atoms with E-state index in [2.05, 4.69) is 4.72 Å². The second-order valence-electron chi connectivity index (χ2n) is 4.51. The fraction of sp³-hybridized carbons (Fsp3) is 0.538. The number of unbranched alkanes of at least 4 members (excludes halogenated alkanes) is 3. The number of hydrogen-bond acceptors (Lipinski definition) is 3. The third kappa shape index (κ3) is 5.26. The Bertz CT molecular complexity index is 503. The van der Waals surface area contributed by atoms with Crippen LogP contribution >= 0.6 is 0 Å². The van der Waals surface area contributed by atoms with Crippen LogP contribution < -0.4 is 10.5 Å². The Morgan fingerprint density at radius 3 is 2.53 bits per heavy atom. The lowest BCUT2D eigenvalue weighted by atomic mass is 10.2. The molecule has 4 nitrogen and oxygen atoms in total. The highest BCUT2D eigenvalue weighted by Crippen LogP contribution is 2.15. The van der Waals surface area contributed by atoms with Crippen molar-refractivity contribution in [2.24, 2.45) is 5.73 Å². The molecule has 1 aromatic rings. The van der Waals surface area contributed by atoms with Crippen molar-refractivity contribution in [2.45, 2.75) is 37.5 Å². The summed E-state index contributed by atoms with van der Waals surface area (Å²) in [5, 5.41) is 0. The fourth-order valence-corrected chi connectivity index (χ4v) is 3.12. The normalized spacial score (nSPS) is 11.7. The smallest absolute Gasteiger partial charge is 0.240 e. The lowest BCUT2D eigenvalue weighted by Gasteiger charge is -2.09. The van der Waals surface area contributed by atoms with Gasteiger partial charge in [-0.15, -0.1) is 0 Å². The molecule has 0 radical (unpaired) electrons. The molecular weight excluding hydrogens is 267 g/mol. The number of halogens is 1. The van der Waals surface area contributed by atoms with E-state index < -0.39 is 15.8 Å². The van der Waals surface area contributed by atoms with E-state index in [0.717, 1.165) is 31.7 Å². The monoisotopic (exact) mass is 288 g/mol. The minimum atomic E-state index is -3.54. The van der Waals surface area contributed by atoms with Gasteiger partial charge in [0.1, 0.15) is 5.82 Å². The van der Waals surface area contributed by atoms with Crippen molar-refractivity contribution >= 4 is 10.0 Å². The summed E-state index contributed by atoms with van der Waals surface area (Å²) in [4.78, 5) is 0.135. The Morgan fingerprint density at radius 2 is 1.89 bits per heavy atom. The Morgan fingerprint density at radius 1 is 1.21 bits per heavy atom. The SMILES string of the molecule is Cc1cc(F)ccc1S(=O)(=O)NCCCCCCN. The van der Waals surface area contributed by atoms with Gasteiger partial charge >= 0.3 is 0 Å². The number of sulfonamides is 1. The topological polar surface area (TPSA) is 72.2 Å². The van der Waals surface area contributed by atoms with Crippen LogP contribution in [0.1, 0.15) is 31.2 Å². The van der Waals surface area contributed by atoms with Gasteiger partial charge in [0.25, 0.3) is 0 Å². The Labute approximate surface area is 114 Å². The number of nitrogens with one attached hydrogen (secondary N) is 1. The highest BCUT2D eigenvalue weighted by atomic mass is 32.2. The van der Waals surface area contributed by atoms with Crippen molar-refractivity contribution in [3.63, 3.8) is 0 Å². The summed E-state index contributed by atoms with van der Waals surface area (Å²) in [5.41, 5.74) is 5.79. The van der Waals surface area contributed by atoms with Gasteiger partial charge in [-0.2, -0.15) is 0 Å². The molecule has 0 amide bonds. The van der Waals surface area contributed by atoms with Crippen LogP contribution in [-0.4, -0.2) is 21.5 Å². The highest BCUT2D eigenvalue weighted by Gasteiger charge is 2.16. The average molecular weight is 288 g/mol. The van der Waals surface area contributed by atoms with Crippen LogP contribution in [0.4, 0.5) is 4.39 Å². The molecule has 0 unspecified atom stereocenters. The molecule has 1 aromatic carbocycles. The maximum atomic E-state index is 12.9. The van der Waals surface area contributed by atoms with Crippen molar-refractivity contribution in [2.75, 3.05) is 13.1 Å². The van der Waals surface area contributed by atoms with Gasteiger partial charge in [-0.3, -0.25) is 0 Å². The third-order valence-corrected chi connectivity index (χ3v) is 4.47. The molecule has 19 heavy (non-hydrogen) atoms. The summed E-state index contributed by atoms with van der Waals surface area (Å²) >= 11 is 0. The predicted octanol–water partition coefficient (Wildman–Crippen LogP) is 1.93. The molecule has 0 aliphatic rings. The number of rotatable bonds is 8. The number of aryl methyl sites for hydroxylation is 1. The molecule has 3 N–H and O–H groups in total. The standard InChI is InChI=1S/C13H21FN2O2S/c1-11-10-12(14)6-7-13(11)19(17,18)16-9-5-3-2-4-8-15/h6-7,10,16H,2-5,8-9,15H2,1H3. The van der Waals surface area contributed by atoms with Gasteiger partial charge in [0.2, 0.25) is 10.0 Å². The minimum Gasteiger partial charge on any atom is -0.330 e. The number of nitrogens with two attached hydrogens (primary N) is 1. The second-order valence-corrected chi connectivity index (χ2v) is 6.25. The first-order valence-electron chi connectivity index (χ1n) is 6.43. The molecule has 1 rings (SSSR count). The lowest BCUT2D eigenvalue weighted by Crippen LogP contribution is -2.25. The molecule has 0 atom stereocenters. The molecule has 0 saturated carbocycles. The largest absolute Gasteiger partial charge is 0.330 e. The summed E-state index contributed by atoms with van der Waals surface area (Å²) in [6.45, 7) is 2.64. The quantitative estimate of drug-likeness (QED) is 0.718. The van der Waals surface area contributed by atoms with Crippen molar-refractivity contribution in [3.05, 3.63) is 29.6 Å². The minimum absolute atomic E-state index is 0.135. The van der Waals surface area contributed by atoms with Gasteiger partial charge < -0.3 is 5.73 Å². The van der Waals surface area contributed by atoms with Crippen LogP contribution in [0.2, 0.25) is 0 Å². The first-order chi connectivity index (χ1) is 8.97. The van der Waals surface area contributed by atoms with Crippen LogP contribution in [0.5, 0.6) is 0 Å². The van der Waals surface area contributed by atoms with E-state index in [4.69, 9.17) is 5.73 Å².